The summed E-state index contributed by atoms with van der Waals surface area (Å²) in [4.78, 5) is 0. The van der Waals surface area contributed by atoms with Gasteiger partial charge in [-0.25, -0.2) is 0 Å². The van der Waals surface area contributed by atoms with Crippen molar-refractivity contribution in [3.05, 3.63) is 75.5 Å². The van der Waals surface area contributed by atoms with Gasteiger partial charge in [0.1, 0.15) is 8.07 Å². The lowest BCUT2D eigenvalue weighted by atomic mass is 9.82. The monoisotopic (exact) mass is 404 g/mol. The molecule has 0 bridgehead atoms. The molecular formula is C29H28Si. The fourth-order valence-electron chi connectivity index (χ4n) is 7.19. The molecule has 1 heterocycles. The molecule has 0 atom stereocenters. The first-order chi connectivity index (χ1) is 14.7. The average molecular weight is 405 g/mol. The Kier molecular flexibility index (Phi) is 3.38. The number of hydrogen-bond acceptors (Lipinski definition) is 0. The highest BCUT2D eigenvalue weighted by Crippen LogP contribution is 2.50. The Hall–Kier alpha value is -2.38. The largest absolute Gasteiger partial charge is 0.109 e. The predicted molar refractivity (Wildman–Crippen MR) is 132 cm³/mol. The Bertz CT molecular complexity index is 1330. The third-order valence-corrected chi connectivity index (χ3v) is 12.3. The second-order valence-corrected chi connectivity index (χ2v) is 14.6. The minimum atomic E-state index is -1.59. The van der Waals surface area contributed by atoms with Crippen molar-refractivity contribution in [3.63, 3.8) is 0 Å². The van der Waals surface area contributed by atoms with E-state index in [1.165, 1.54) is 60.6 Å². The summed E-state index contributed by atoms with van der Waals surface area (Å²) < 4.78 is 0. The van der Waals surface area contributed by atoms with Crippen LogP contribution in [0.3, 0.4) is 0 Å². The van der Waals surface area contributed by atoms with Crippen LogP contribution in [-0.2, 0) is 12.8 Å². The molecule has 3 aromatic rings. The van der Waals surface area contributed by atoms with Crippen LogP contribution in [0, 0.1) is 0 Å². The highest BCUT2D eigenvalue weighted by atomic mass is 28.3. The molecule has 0 saturated carbocycles. The number of allylic oxidation sites excluding steroid dienone is 3. The maximum Gasteiger partial charge on any atom is 0.109 e. The van der Waals surface area contributed by atoms with Gasteiger partial charge in [0, 0.05) is 0 Å². The van der Waals surface area contributed by atoms with Gasteiger partial charge >= 0.3 is 0 Å². The molecule has 0 aromatic heterocycles. The van der Waals surface area contributed by atoms with E-state index >= 15 is 0 Å². The van der Waals surface area contributed by atoms with Crippen LogP contribution in [-0.4, -0.2) is 8.07 Å². The molecule has 0 radical (unpaired) electrons. The lowest BCUT2D eigenvalue weighted by Crippen LogP contribution is -2.44. The van der Waals surface area contributed by atoms with Gasteiger partial charge in [0.05, 0.1) is 0 Å². The molecule has 3 aromatic carbocycles. The van der Waals surface area contributed by atoms with E-state index in [-0.39, 0.29) is 0 Å². The van der Waals surface area contributed by atoms with E-state index < -0.39 is 8.07 Å². The summed E-state index contributed by atoms with van der Waals surface area (Å²) in [6.45, 7) is 5.31. The van der Waals surface area contributed by atoms with Crippen LogP contribution in [0.1, 0.15) is 59.9 Å². The minimum absolute atomic E-state index is 1.10. The van der Waals surface area contributed by atoms with Gasteiger partial charge in [-0.15, -0.1) is 0 Å². The van der Waals surface area contributed by atoms with Crippen molar-refractivity contribution in [1.29, 1.82) is 0 Å². The first-order valence-electron chi connectivity index (χ1n) is 11.8. The zero-order valence-corrected chi connectivity index (χ0v) is 19.1. The summed E-state index contributed by atoms with van der Waals surface area (Å²) in [6, 6.07) is 14.0. The molecule has 3 aliphatic carbocycles. The summed E-state index contributed by atoms with van der Waals surface area (Å²) in [7, 11) is -1.59. The van der Waals surface area contributed by atoms with E-state index in [0.717, 1.165) is 6.42 Å². The lowest BCUT2D eigenvalue weighted by molar-refractivity contribution is 0.733. The van der Waals surface area contributed by atoms with Gasteiger partial charge in [0.15, 0.2) is 0 Å². The molecule has 7 rings (SSSR count). The van der Waals surface area contributed by atoms with Gasteiger partial charge < -0.3 is 0 Å². The topological polar surface area (TPSA) is 0 Å². The molecule has 0 fully saturated rings. The fraction of sp³-hybridized carbons (Fsp3) is 0.310. The van der Waals surface area contributed by atoms with Crippen molar-refractivity contribution in [2.75, 3.05) is 0 Å². The van der Waals surface area contributed by atoms with Crippen molar-refractivity contribution in [2.45, 2.75) is 58.0 Å². The zero-order chi connectivity index (χ0) is 20.0. The molecule has 1 heteroatoms. The Morgan fingerprint density at radius 1 is 0.833 bits per heavy atom. The van der Waals surface area contributed by atoms with Crippen molar-refractivity contribution in [3.8, 4) is 11.1 Å². The summed E-state index contributed by atoms with van der Waals surface area (Å²) in [5, 5.41) is 6.86. The number of benzene rings is 3. The van der Waals surface area contributed by atoms with Crippen LogP contribution in [0.4, 0.5) is 0 Å². The normalized spacial score (nSPS) is 20.1. The predicted octanol–water partition coefficient (Wildman–Crippen LogP) is 7.17. The van der Waals surface area contributed by atoms with E-state index in [2.05, 4.69) is 61.6 Å². The minimum Gasteiger partial charge on any atom is -0.0836 e. The summed E-state index contributed by atoms with van der Waals surface area (Å²) >= 11 is 0. The quantitative estimate of drug-likeness (QED) is 0.273. The van der Waals surface area contributed by atoms with E-state index in [1.807, 2.05) is 10.4 Å². The van der Waals surface area contributed by atoms with Crippen molar-refractivity contribution in [2.24, 2.45) is 0 Å². The first-order valence-corrected chi connectivity index (χ1v) is 14.8. The van der Waals surface area contributed by atoms with E-state index in [0.29, 0.717) is 0 Å². The van der Waals surface area contributed by atoms with Gasteiger partial charge in [-0.1, -0.05) is 66.8 Å². The van der Waals surface area contributed by atoms with E-state index in [9.17, 15) is 0 Å². The van der Waals surface area contributed by atoms with Crippen LogP contribution in [0.15, 0.2) is 47.7 Å². The van der Waals surface area contributed by atoms with Crippen molar-refractivity contribution in [1.82, 2.24) is 0 Å². The summed E-state index contributed by atoms with van der Waals surface area (Å²) in [5.74, 6) is 0. The highest BCUT2D eigenvalue weighted by Gasteiger charge is 2.44. The second kappa shape index (κ2) is 5.86. The number of rotatable bonds is 0. The second-order valence-electron chi connectivity index (χ2n) is 10.2. The van der Waals surface area contributed by atoms with Crippen molar-refractivity contribution < 1.29 is 0 Å². The lowest BCUT2D eigenvalue weighted by Gasteiger charge is -2.29. The Balaban J connectivity index is 1.67. The van der Waals surface area contributed by atoms with Gasteiger partial charge in [0.2, 0.25) is 0 Å². The van der Waals surface area contributed by atoms with Gasteiger partial charge in [0.25, 0.3) is 0 Å². The van der Waals surface area contributed by atoms with Gasteiger partial charge in [-0.05, 0) is 105 Å². The molecule has 0 unspecified atom stereocenters. The maximum absolute atomic E-state index is 2.65. The van der Waals surface area contributed by atoms with Crippen LogP contribution in [0.25, 0.3) is 33.5 Å². The molecular weight excluding hydrogens is 376 g/mol. The molecule has 30 heavy (non-hydrogen) atoms. The molecule has 0 amide bonds. The van der Waals surface area contributed by atoms with Crippen LogP contribution in [0.2, 0.25) is 13.1 Å². The molecule has 0 N–H and O–H groups in total. The molecule has 0 nitrogen and oxygen atoms in total. The summed E-state index contributed by atoms with van der Waals surface area (Å²) in [5.41, 5.74) is 12.8. The third kappa shape index (κ3) is 2.02. The van der Waals surface area contributed by atoms with Crippen molar-refractivity contribution >= 4 is 35.7 Å². The van der Waals surface area contributed by atoms with Crippen LogP contribution < -0.4 is 5.19 Å². The Morgan fingerprint density at radius 3 is 2.63 bits per heavy atom. The zero-order valence-electron chi connectivity index (χ0n) is 18.1. The molecule has 0 spiro atoms. The van der Waals surface area contributed by atoms with Gasteiger partial charge in [-0.3, -0.25) is 0 Å². The van der Waals surface area contributed by atoms with Gasteiger partial charge in [-0.2, -0.15) is 0 Å². The van der Waals surface area contributed by atoms with Crippen LogP contribution in [0.5, 0.6) is 0 Å². The standard InChI is InChI=1S/C29H28Si/c1-30(2)26-14-8-7-13-24(26)28-27-22(20-11-5-6-12-23(20)29(28)30)16-15-21-19-10-4-3-9-18(19)17-25(21)27/h3-5,9-11,15-16H,6-8,12-14,17H2,1-2H3. The Labute approximate surface area is 180 Å². The summed E-state index contributed by atoms with van der Waals surface area (Å²) in [6.07, 6.45) is 13.8. The SMILES string of the molecule is C[Si]1(C)C2=C(CCCC2)c2c1c1c(c3ccc4c(c23)Cc2ccccc2-4)C=CCC1. The van der Waals surface area contributed by atoms with E-state index in [4.69, 9.17) is 0 Å². The Morgan fingerprint density at radius 2 is 1.70 bits per heavy atom. The average Bonchev–Trinajstić information content (AvgIpc) is 3.27. The molecule has 1 aliphatic heterocycles. The third-order valence-electron chi connectivity index (χ3n) is 8.40. The number of fused-ring (bicyclic) bond motifs is 11. The molecule has 148 valence electrons. The number of hydrogen-bond donors (Lipinski definition) is 0. The van der Waals surface area contributed by atoms with E-state index in [1.54, 1.807) is 33.2 Å². The molecule has 4 aliphatic rings. The fourth-order valence-corrected chi connectivity index (χ4v) is 11.2. The highest BCUT2D eigenvalue weighted by molar-refractivity contribution is 6.99. The van der Waals surface area contributed by atoms with Crippen LogP contribution >= 0.6 is 0 Å². The molecule has 0 saturated heterocycles. The first kappa shape index (κ1) is 17.3. The smallest absolute Gasteiger partial charge is 0.0836 e. The maximum atomic E-state index is 2.65.